The Morgan fingerprint density at radius 3 is 2.26 bits per heavy atom. The van der Waals surface area contributed by atoms with Crippen LogP contribution >= 0.6 is 0 Å². The molecule has 1 unspecified atom stereocenters. The Labute approximate surface area is 228 Å². The highest BCUT2D eigenvalue weighted by atomic mass is 16.1. The van der Waals surface area contributed by atoms with Crippen molar-refractivity contribution >= 4 is 17.3 Å². The van der Waals surface area contributed by atoms with Crippen molar-refractivity contribution in [3.05, 3.63) is 76.4 Å². The fraction of sp³-hybridized carbons (Fsp3) is 0.455. The van der Waals surface area contributed by atoms with Gasteiger partial charge in [-0.3, -0.25) is 9.59 Å². The van der Waals surface area contributed by atoms with Gasteiger partial charge in [0, 0.05) is 43.2 Å². The molecule has 0 spiro atoms. The number of hydrogen-bond acceptors (Lipinski definition) is 5. The minimum atomic E-state index is -0.202. The van der Waals surface area contributed by atoms with Crippen LogP contribution < -0.4 is 10.2 Å². The molecule has 0 amide bonds. The number of nitrogens with one attached hydrogen (secondary N) is 1. The molecule has 2 aromatic carbocycles. The Morgan fingerprint density at radius 2 is 1.63 bits per heavy atom. The molecule has 0 bridgehead atoms. The highest BCUT2D eigenvalue weighted by Gasteiger charge is 2.26. The zero-order chi connectivity index (χ0) is 27.4. The number of carbonyl (C=O) groups is 2. The van der Waals surface area contributed by atoms with Crippen LogP contribution in [-0.4, -0.2) is 56.7 Å². The zero-order valence-electron chi connectivity index (χ0n) is 23.9. The molecular formula is C33H43N3O2. The second-order valence-corrected chi connectivity index (χ2v) is 11.4. The largest absolute Gasteiger partial charge is 0.371 e. The normalized spacial score (nSPS) is 18.4. The van der Waals surface area contributed by atoms with Gasteiger partial charge in [-0.25, -0.2) is 0 Å². The molecule has 1 fully saturated rings. The fourth-order valence-corrected chi connectivity index (χ4v) is 5.91. The molecule has 1 saturated heterocycles. The highest BCUT2D eigenvalue weighted by Crippen LogP contribution is 2.34. The first kappa shape index (κ1) is 28.0. The van der Waals surface area contributed by atoms with Gasteiger partial charge in [-0.05, 0) is 113 Å². The summed E-state index contributed by atoms with van der Waals surface area (Å²) in [7, 11) is 6.31. The second kappa shape index (κ2) is 12.2. The summed E-state index contributed by atoms with van der Waals surface area (Å²) in [5.41, 5.74) is 8.41. The molecule has 5 nitrogen and oxygen atoms in total. The number of ketones is 2. The maximum atomic E-state index is 13.7. The van der Waals surface area contributed by atoms with Crippen molar-refractivity contribution in [3.8, 4) is 11.1 Å². The van der Waals surface area contributed by atoms with Gasteiger partial charge in [0.1, 0.15) is 0 Å². The van der Waals surface area contributed by atoms with Crippen molar-refractivity contribution in [2.75, 3.05) is 39.1 Å². The minimum absolute atomic E-state index is 0.111. The molecule has 1 aliphatic heterocycles. The van der Waals surface area contributed by atoms with E-state index >= 15 is 0 Å². The van der Waals surface area contributed by atoms with Crippen molar-refractivity contribution < 1.29 is 9.59 Å². The third-order valence-corrected chi connectivity index (χ3v) is 8.08. The minimum Gasteiger partial charge on any atom is -0.371 e. The third-order valence-electron chi connectivity index (χ3n) is 8.08. The lowest BCUT2D eigenvalue weighted by Gasteiger charge is -2.35. The van der Waals surface area contributed by atoms with E-state index in [2.05, 4.69) is 85.7 Å². The molecule has 1 heterocycles. The third kappa shape index (κ3) is 6.51. The Kier molecular flexibility index (Phi) is 9.01. The number of hydrogen-bond donors (Lipinski definition) is 1. The summed E-state index contributed by atoms with van der Waals surface area (Å²) in [4.78, 5) is 30.9. The average Bonchev–Trinajstić information content (AvgIpc) is 2.88. The van der Waals surface area contributed by atoms with Crippen LogP contribution in [0.1, 0.15) is 61.0 Å². The Hall–Kier alpha value is -3.02. The van der Waals surface area contributed by atoms with Gasteiger partial charge in [0.2, 0.25) is 0 Å². The lowest BCUT2D eigenvalue weighted by Crippen LogP contribution is -2.41. The molecule has 5 heteroatoms. The predicted octanol–water partition coefficient (Wildman–Crippen LogP) is 5.97. The number of rotatable bonds is 9. The number of nitrogens with zero attached hydrogens (tertiary/aromatic N) is 2. The summed E-state index contributed by atoms with van der Waals surface area (Å²) in [5, 5.41) is 3.46. The molecule has 202 valence electrons. The van der Waals surface area contributed by atoms with E-state index in [1.54, 1.807) is 6.08 Å². The van der Waals surface area contributed by atoms with Gasteiger partial charge in [0.25, 0.3) is 0 Å². The molecule has 2 aromatic rings. The lowest BCUT2D eigenvalue weighted by molar-refractivity contribution is -0.117. The van der Waals surface area contributed by atoms with Crippen LogP contribution in [0.4, 0.5) is 5.69 Å². The number of benzene rings is 2. The van der Waals surface area contributed by atoms with Crippen molar-refractivity contribution in [2.24, 2.45) is 5.92 Å². The van der Waals surface area contributed by atoms with Crippen LogP contribution in [0, 0.1) is 12.8 Å². The van der Waals surface area contributed by atoms with Gasteiger partial charge in [-0.15, -0.1) is 0 Å². The molecule has 0 saturated carbocycles. The van der Waals surface area contributed by atoms with Gasteiger partial charge in [-0.2, -0.15) is 0 Å². The molecule has 1 atom stereocenters. The van der Waals surface area contributed by atoms with Gasteiger partial charge in [0.15, 0.2) is 11.6 Å². The zero-order valence-corrected chi connectivity index (χ0v) is 23.9. The first-order valence-electron chi connectivity index (χ1n) is 13.9. The van der Waals surface area contributed by atoms with Gasteiger partial charge >= 0.3 is 0 Å². The summed E-state index contributed by atoms with van der Waals surface area (Å²) in [6.45, 7) is 8.95. The van der Waals surface area contributed by atoms with E-state index in [0.717, 1.165) is 71.6 Å². The van der Waals surface area contributed by atoms with Crippen molar-refractivity contribution in [1.82, 2.24) is 10.2 Å². The Bertz CT molecular complexity index is 1230. The number of piperidine rings is 1. The van der Waals surface area contributed by atoms with E-state index in [4.69, 9.17) is 0 Å². The summed E-state index contributed by atoms with van der Waals surface area (Å²) in [5.74, 6) is 0.0255. The number of carbonyl (C=O) groups excluding carboxylic acids is 2. The summed E-state index contributed by atoms with van der Waals surface area (Å²) >= 11 is 0. The second-order valence-electron chi connectivity index (χ2n) is 11.4. The number of Topliss-reactive ketones (excluding diaryl/α,β-unsaturated/α-hetero) is 1. The van der Waals surface area contributed by atoms with E-state index < -0.39 is 0 Å². The molecule has 2 aliphatic rings. The van der Waals surface area contributed by atoms with E-state index in [0.29, 0.717) is 18.9 Å². The maximum Gasteiger partial charge on any atom is 0.163 e. The number of allylic oxidation sites excluding steroid dienone is 4. The van der Waals surface area contributed by atoms with Crippen LogP contribution in [0.25, 0.3) is 11.1 Å². The van der Waals surface area contributed by atoms with Gasteiger partial charge in [0.05, 0.1) is 0 Å². The van der Waals surface area contributed by atoms with E-state index in [1.165, 1.54) is 5.56 Å². The van der Waals surface area contributed by atoms with Crippen LogP contribution in [-0.2, 0) is 11.3 Å². The first-order chi connectivity index (χ1) is 18.1. The summed E-state index contributed by atoms with van der Waals surface area (Å²) < 4.78 is 0. The number of anilines is 1. The van der Waals surface area contributed by atoms with E-state index in [9.17, 15) is 9.59 Å². The summed E-state index contributed by atoms with van der Waals surface area (Å²) in [6, 6.07) is 13.4. The van der Waals surface area contributed by atoms with E-state index in [1.807, 2.05) is 13.8 Å². The van der Waals surface area contributed by atoms with Crippen molar-refractivity contribution in [3.63, 3.8) is 0 Å². The molecular weight excluding hydrogens is 470 g/mol. The smallest absolute Gasteiger partial charge is 0.163 e. The average molecular weight is 514 g/mol. The maximum absolute atomic E-state index is 13.7. The van der Waals surface area contributed by atoms with Crippen LogP contribution in [0.3, 0.4) is 0 Å². The SMILES string of the molecule is CC1=CC(=O)C(CCC(=O)c2cc(-c3ccc(CN(C)C)cc3)cc(N(C)C3CCNCC3)c2C)C(C)=C1. The predicted molar refractivity (Wildman–Crippen MR) is 158 cm³/mol. The monoisotopic (exact) mass is 513 g/mol. The molecule has 1 aliphatic carbocycles. The molecule has 0 aromatic heterocycles. The van der Waals surface area contributed by atoms with Crippen LogP contribution in [0.5, 0.6) is 0 Å². The Balaban J connectivity index is 1.65. The molecule has 4 rings (SSSR count). The van der Waals surface area contributed by atoms with Crippen LogP contribution in [0.15, 0.2) is 59.7 Å². The Morgan fingerprint density at radius 1 is 0.947 bits per heavy atom. The highest BCUT2D eigenvalue weighted by molar-refractivity contribution is 6.01. The summed E-state index contributed by atoms with van der Waals surface area (Å²) in [6.07, 6.45) is 6.85. The molecule has 1 N–H and O–H groups in total. The quantitative estimate of drug-likeness (QED) is 0.419. The fourth-order valence-electron chi connectivity index (χ4n) is 5.91. The van der Waals surface area contributed by atoms with Gasteiger partial charge in [-0.1, -0.05) is 35.9 Å². The van der Waals surface area contributed by atoms with E-state index in [-0.39, 0.29) is 17.5 Å². The molecule has 38 heavy (non-hydrogen) atoms. The standard InChI is InChI=1S/C33H43N3O2/c1-22-17-23(2)29(33(38)18-22)11-12-32(37)30-19-27(26-9-7-25(8-10-26)21-35(4)5)20-31(24(30)3)36(6)28-13-15-34-16-14-28/h7-10,17-20,28-29,34H,11-16,21H2,1-6H3. The lowest BCUT2D eigenvalue weighted by atomic mass is 9.84. The van der Waals surface area contributed by atoms with Crippen LogP contribution in [0.2, 0.25) is 0 Å². The topological polar surface area (TPSA) is 52.7 Å². The van der Waals surface area contributed by atoms with Gasteiger partial charge < -0.3 is 15.1 Å². The first-order valence-corrected chi connectivity index (χ1v) is 13.9. The van der Waals surface area contributed by atoms with Crippen molar-refractivity contribution in [1.29, 1.82) is 0 Å². The van der Waals surface area contributed by atoms with Crippen molar-refractivity contribution in [2.45, 2.75) is 59.0 Å². The molecule has 0 radical (unpaired) electrons.